The van der Waals surface area contributed by atoms with Crippen molar-refractivity contribution in [2.75, 3.05) is 18.5 Å². The first-order valence-corrected chi connectivity index (χ1v) is 21.8. The number of hydrogen-bond donors (Lipinski definition) is 1. The summed E-state index contributed by atoms with van der Waals surface area (Å²) in [7, 11) is -3.56. The second-order valence-corrected chi connectivity index (χ2v) is 24.9. The number of rotatable bonds is 12. The van der Waals surface area contributed by atoms with E-state index in [9.17, 15) is 0 Å². The Morgan fingerprint density at radius 3 is 2.02 bits per heavy atom. The SMILES string of the molecule is CC(C)(C)[Si](C)(C)OCCCn1nc(Nc2nc3ccccc3n2CCCO[Si](C)(C)C(C)(C)C)c2cc(Br)ccc21. The molecule has 2 aromatic carbocycles. The number of aromatic nitrogens is 4. The van der Waals surface area contributed by atoms with E-state index in [2.05, 4.69) is 135 Å². The zero-order valence-corrected chi connectivity index (χ0v) is 30.9. The highest BCUT2D eigenvalue weighted by Crippen LogP contribution is 2.38. The van der Waals surface area contributed by atoms with Crippen LogP contribution in [0, 0.1) is 0 Å². The van der Waals surface area contributed by atoms with Crippen LogP contribution in [0.2, 0.25) is 36.3 Å². The van der Waals surface area contributed by atoms with Gasteiger partial charge in [-0.25, -0.2) is 4.98 Å². The Morgan fingerprint density at radius 1 is 0.810 bits per heavy atom. The van der Waals surface area contributed by atoms with E-state index < -0.39 is 16.6 Å². The molecule has 0 spiro atoms. The molecule has 0 radical (unpaired) electrons. The van der Waals surface area contributed by atoms with Gasteiger partial charge in [0.1, 0.15) is 0 Å². The Balaban J connectivity index is 1.55. The normalized spacial score (nSPS) is 13.4. The summed E-state index contributed by atoms with van der Waals surface area (Å²) in [6.07, 6.45) is 1.82. The summed E-state index contributed by atoms with van der Waals surface area (Å²) in [5.41, 5.74) is 3.18. The minimum atomic E-state index is -1.79. The van der Waals surface area contributed by atoms with Crippen LogP contribution in [-0.2, 0) is 21.9 Å². The molecule has 0 unspecified atom stereocenters. The van der Waals surface area contributed by atoms with Gasteiger partial charge in [-0.05, 0) is 79.4 Å². The summed E-state index contributed by atoms with van der Waals surface area (Å²) in [6, 6.07) is 14.7. The number of aryl methyl sites for hydroxylation is 2. The summed E-state index contributed by atoms with van der Waals surface area (Å²) in [4.78, 5) is 4.98. The first-order valence-electron chi connectivity index (χ1n) is 15.2. The third-order valence-electron chi connectivity index (χ3n) is 9.18. The van der Waals surface area contributed by atoms with Crippen molar-refractivity contribution < 1.29 is 8.85 Å². The van der Waals surface area contributed by atoms with Crippen LogP contribution in [0.4, 0.5) is 11.8 Å². The van der Waals surface area contributed by atoms with E-state index in [1.54, 1.807) is 0 Å². The van der Waals surface area contributed by atoms with Gasteiger partial charge >= 0.3 is 0 Å². The van der Waals surface area contributed by atoms with Gasteiger partial charge in [-0.2, -0.15) is 5.10 Å². The number of hydrogen-bond acceptors (Lipinski definition) is 5. The number of benzene rings is 2. The molecule has 0 atom stereocenters. The fourth-order valence-corrected chi connectivity index (χ4v) is 6.98. The number of halogens is 1. The molecule has 4 rings (SSSR count). The van der Waals surface area contributed by atoms with E-state index in [0.29, 0.717) is 0 Å². The molecule has 42 heavy (non-hydrogen) atoms. The topological polar surface area (TPSA) is 66.1 Å². The van der Waals surface area contributed by atoms with Crippen molar-refractivity contribution >= 4 is 66.3 Å². The van der Waals surface area contributed by atoms with Crippen LogP contribution >= 0.6 is 15.9 Å². The molecule has 4 aromatic rings. The van der Waals surface area contributed by atoms with E-state index in [1.165, 1.54) is 0 Å². The van der Waals surface area contributed by atoms with Gasteiger partial charge in [-0.1, -0.05) is 69.6 Å². The molecule has 0 saturated heterocycles. The quantitative estimate of drug-likeness (QED) is 0.120. The number of anilines is 2. The predicted molar refractivity (Wildman–Crippen MR) is 186 cm³/mol. The van der Waals surface area contributed by atoms with Gasteiger partial charge in [0.2, 0.25) is 5.95 Å². The number of fused-ring (bicyclic) bond motifs is 2. The second kappa shape index (κ2) is 12.6. The lowest BCUT2D eigenvalue weighted by molar-refractivity contribution is 0.273. The lowest BCUT2D eigenvalue weighted by Gasteiger charge is -2.36. The molecule has 0 amide bonds. The summed E-state index contributed by atoms with van der Waals surface area (Å²) in [5, 5.41) is 10.1. The highest BCUT2D eigenvalue weighted by Gasteiger charge is 2.37. The van der Waals surface area contributed by atoms with Gasteiger partial charge in [-0.15, -0.1) is 0 Å². The molecule has 0 aliphatic heterocycles. The van der Waals surface area contributed by atoms with E-state index in [0.717, 1.165) is 77.3 Å². The van der Waals surface area contributed by atoms with Crippen LogP contribution in [0.25, 0.3) is 21.9 Å². The molecular weight excluding hydrogens is 622 g/mol. The van der Waals surface area contributed by atoms with Crippen molar-refractivity contribution in [2.45, 2.75) is 104 Å². The molecule has 7 nitrogen and oxygen atoms in total. The first-order chi connectivity index (χ1) is 19.5. The predicted octanol–water partition coefficient (Wildman–Crippen LogP) is 9.72. The molecule has 1 N–H and O–H groups in total. The Labute approximate surface area is 262 Å². The molecule has 0 bridgehead atoms. The Morgan fingerprint density at radius 2 is 1.40 bits per heavy atom. The third-order valence-corrected chi connectivity index (χ3v) is 18.7. The standard InChI is InChI=1S/C32H50BrN5O2Si2/c1-31(2,3)41(7,8)39-21-13-19-37-28-16-12-11-15-26(28)34-30(37)35-29-25-23-24(33)17-18-27(25)38(36-29)20-14-22-40-42(9,10)32(4,5)6/h11-12,15-18,23H,13-14,19-22H2,1-10H3,(H,34,35,36). The fraction of sp³-hybridized carbons (Fsp3) is 0.562. The van der Waals surface area contributed by atoms with Gasteiger partial charge in [0.25, 0.3) is 0 Å². The zero-order valence-electron chi connectivity index (χ0n) is 27.3. The average molecular weight is 673 g/mol. The lowest BCUT2D eigenvalue weighted by atomic mass is 10.2. The maximum Gasteiger partial charge on any atom is 0.209 e. The minimum Gasteiger partial charge on any atom is -0.417 e. The number of nitrogens with zero attached hydrogens (tertiary/aromatic N) is 4. The van der Waals surface area contributed by atoms with Gasteiger partial charge in [0, 0.05) is 36.2 Å². The van der Waals surface area contributed by atoms with Crippen molar-refractivity contribution in [1.82, 2.24) is 19.3 Å². The molecular formula is C32H50BrN5O2Si2. The molecule has 10 heteroatoms. The van der Waals surface area contributed by atoms with E-state index in [4.69, 9.17) is 18.9 Å². The van der Waals surface area contributed by atoms with Gasteiger partial charge in [0.15, 0.2) is 22.5 Å². The molecule has 0 aliphatic rings. The molecule has 0 saturated carbocycles. The van der Waals surface area contributed by atoms with Crippen LogP contribution in [0.15, 0.2) is 46.9 Å². The highest BCUT2D eigenvalue weighted by atomic mass is 79.9. The smallest absolute Gasteiger partial charge is 0.209 e. The number of para-hydroxylation sites is 2. The van der Waals surface area contributed by atoms with E-state index in [-0.39, 0.29) is 10.1 Å². The highest BCUT2D eigenvalue weighted by molar-refractivity contribution is 9.10. The fourth-order valence-electron chi connectivity index (χ4n) is 4.44. The van der Waals surface area contributed by atoms with Crippen molar-refractivity contribution in [2.24, 2.45) is 0 Å². The lowest BCUT2D eigenvalue weighted by Crippen LogP contribution is -2.41. The largest absolute Gasteiger partial charge is 0.417 e. The number of imidazole rings is 1. The Hall–Kier alpha value is -1.99. The van der Waals surface area contributed by atoms with E-state index >= 15 is 0 Å². The van der Waals surface area contributed by atoms with Crippen molar-refractivity contribution in [3.05, 3.63) is 46.9 Å². The summed E-state index contributed by atoms with van der Waals surface area (Å²) in [6.45, 7) is 26.0. The molecule has 0 aliphatic carbocycles. The number of nitrogens with one attached hydrogen (secondary N) is 1. The van der Waals surface area contributed by atoms with Crippen LogP contribution < -0.4 is 5.32 Å². The van der Waals surface area contributed by atoms with Crippen molar-refractivity contribution in [1.29, 1.82) is 0 Å². The van der Waals surface area contributed by atoms with E-state index in [1.807, 2.05) is 6.07 Å². The zero-order chi connectivity index (χ0) is 30.9. The second-order valence-electron chi connectivity index (χ2n) is 14.4. The van der Waals surface area contributed by atoms with Gasteiger partial charge < -0.3 is 18.7 Å². The minimum absolute atomic E-state index is 0.201. The Bertz CT molecular complexity index is 1520. The average Bonchev–Trinajstić information content (AvgIpc) is 3.40. The van der Waals surface area contributed by atoms with Crippen LogP contribution in [-0.4, -0.2) is 49.2 Å². The summed E-state index contributed by atoms with van der Waals surface area (Å²) >= 11 is 3.67. The first kappa shape index (κ1) is 32.9. The summed E-state index contributed by atoms with van der Waals surface area (Å²) < 4.78 is 18.3. The third kappa shape index (κ3) is 7.38. The van der Waals surface area contributed by atoms with Crippen LogP contribution in [0.3, 0.4) is 0 Å². The summed E-state index contributed by atoms with van der Waals surface area (Å²) in [5.74, 6) is 1.61. The monoisotopic (exact) mass is 671 g/mol. The molecule has 2 aromatic heterocycles. The maximum atomic E-state index is 6.48. The van der Waals surface area contributed by atoms with Crippen molar-refractivity contribution in [3.63, 3.8) is 0 Å². The van der Waals surface area contributed by atoms with Crippen LogP contribution in [0.1, 0.15) is 54.4 Å². The van der Waals surface area contributed by atoms with Gasteiger partial charge in [0.05, 0.1) is 16.6 Å². The molecule has 2 heterocycles. The molecule has 230 valence electrons. The van der Waals surface area contributed by atoms with Crippen LogP contribution in [0.5, 0.6) is 0 Å². The molecule has 0 fully saturated rings. The van der Waals surface area contributed by atoms with Crippen molar-refractivity contribution in [3.8, 4) is 0 Å². The maximum absolute atomic E-state index is 6.48. The Kier molecular flexibility index (Phi) is 9.84. The van der Waals surface area contributed by atoms with Gasteiger partial charge in [-0.3, -0.25) is 4.68 Å².